The molecule has 1 fully saturated rings. The molecule has 1 aromatic carbocycles. The summed E-state index contributed by atoms with van der Waals surface area (Å²) >= 11 is 12.7. The van der Waals surface area contributed by atoms with Gasteiger partial charge in [0.2, 0.25) is 5.89 Å². The van der Waals surface area contributed by atoms with Gasteiger partial charge in [-0.25, -0.2) is 9.97 Å². The topological polar surface area (TPSA) is 112 Å². The lowest BCUT2D eigenvalue weighted by Gasteiger charge is -2.17. The van der Waals surface area contributed by atoms with Gasteiger partial charge in [0, 0.05) is 39.2 Å². The average molecular weight is 683 g/mol. The summed E-state index contributed by atoms with van der Waals surface area (Å²) < 4.78 is 22.0. The van der Waals surface area contributed by atoms with Crippen molar-refractivity contribution in [3.05, 3.63) is 76.8 Å². The number of carbonyl (C=O) groups is 1. The van der Waals surface area contributed by atoms with E-state index in [9.17, 15) is 4.79 Å². The molecular formula is C32H37Cl2N7O4Si. The van der Waals surface area contributed by atoms with Crippen LogP contribution in [0.1, 0.15) is 28.7 Å². The smallest absolute Gasteiger partial charge is 0.261 e. The lowest BCUT2D eigenvalue weighted by atomic mass is 10.1. The fourth-order valence-electron chi connectivity index (χ4n) is 5.45. The standard InChI is InChI=1S/C32H37Cl2N7O4Si/c1-39-10-8-22(18-39)41-17-21(15-37-41)27-14-23-30(45-19-28-35-9-11-44-28)24(32(42)38-29-25(33)6-5-7-26(29)34)16-36-31(23)40(27)20-43-12-13-46(2,3)4/h5-7,9,11,14-17,22H,8,10,12-13,18-20H2,1-4H3,(H,38,42). The fraction of sp³-hybridized carbons (Fsp3) is 0.375. The van der Waals surface area contributed by atoms with E-state index in [4.69, 9.17) is 47.2 Å². The first kappa shape index (κ1) is 32.3. The molecular weight excluding hydrogens is 645 g/mol. The molecule has 0 spiro atoms. The van der Waals surface area contributed by atoms with Gasteiger partial charge in [-0.1, -0.05) is 48.9 Å². The highest BCUT2D eigenvalue weighted by Crippen LogP contribution is 2.37. The Morgan fingerprint density at radius 3 is 2.67 bits per heavy atom. The van der Waals surface area contributed by atoms with E-state index in [2.05, 4.69) is 48.1 Å². The molecule has 0 radical (unpaired) electrons. The number of nitrogens with one attached hydrogen (secondary N) is 1. The highest BCUT2D eigenvalue weighted by molar-refractivity contribution is 6.76. The summed E-state index contributed by atoms with van der Waals surface area (Å²) in [5.74, 6) is 0.198. The zero-order valence-electron chi connectivity index (χ0n) is 26.3. The van der Waals surface area contributed by atoms with Crippen LogP contribution in [0.5, 0.6) is 5.75 Å². The third-order valence-electron chi connectivity index (χ3n) is 8.00. The lowest BCUT2D eigenvalue weighted by Crippen LogP contribution is -2.22. The minimum absolute atomic E-state index is 0.000400. The Hall–Kier alpha value is -3.68. The van der Waals surface area contributed by atoms with Gasteiger partial charge < -0.3 is 28.7 Å². The van der Waals surface area contributed by atoms with E-state index in [1.807, 2.05) is 21.5 Å². The summed E-state index contributed by atoms with van der Waals surface area (Å²) in [4.78, 5) is 25.0. The van der Waals surface area contributed by atoms with E-state index in [0.717, 1.165) is 36.8 Å². The predicted molar refractivity (Wildman–Crippen MR) is 181 cm³/mol. The van der Waals surface area contributed by atoms with Crippen molar-refractivity contribution in [3.8, 4) is 17.0 Å². The van der Waals surface area contributed by atoms with Crippen molar-refractivity contribution in [2.75, 3.05) is 32.1 Å². The van der Waals surface area contributed by atoms with Crippen molar-refractivity contribution >= 4 is 53.9 Å². The Kier molecular flexibility index (Phi) is 9.53. The molecule has 1 saturated heterocycles. The number of benzene rings is 1. The number of hydrogen-bond acceptors (Lipinski definition) is 8. The van der Waals surface area contributed by atoms with Crippen LogP contribution in [-0.4, -0.2) is 69.9 Å². The SMILES string of the molecule is CN1CCC(n2cc(-c3cc4c(OCc5ncco5)c(C(=O)Nc5c(Cl)cccc5Cl)cnc4n3COCC[Si](C)(C)C)cn2)C1. The maximum Gasteiger partial charge on any atom is 0.261 e. The molecule has 4 aromatic heterocycles. The van der Waals surface area contributed by atoms with Crippen LogP contribution in [-0.2, 0) is 18.1 Å². The second-order valence-electron chi connectivity index (χ2n) is 12.7. The summed E-state index contributed by atoms with van der Waals surface area (Å²) in [7, 11) is 0.824. The molecule has 14 heteroatoms. The normalized spacial score (nSPS) is 15.6. The number of fused-ring (bicyclic) bond motifs is 1. The number of para-hydroxylation sites is 1. The number of pyridine rings is 1. The first-order valence-corrected chi connectivity index (χ1v) is 19.6. The number of rotatable bonds is 12. The third-order valence-corrected chi connectivity index (χ3v) is 10.3. The van der Waals surface area contributed by atoms with E-state index < -0.39 is 14.0 Å². The van der Waals surface area contributed by atoms with E-state index in [1.165, 1.54) is 12.5 Å². The summed E-state index contributed by atoms with van der Waals surface area (Å²) in [6.07, 6.45) is 9.48. The molecule has 0 bridgehead atoms. The van der Waals surface area contributed by atoms with Crippen molar-refractivity contribution in [3.63, 3.8) is 0 Å². The number of halogens is 2. The van der Waals surface area contributed by atoms with Gasteiger partial charge in [0.15, 0.2) is 6.61 Å². The summed E-state index contributed by atoms with van der Waals surface area (Å²) in [5, 5.41) is 8.81. The molecule has 11 nitrogen and oxygen atoms in total. The average Bonchev–Trinajstić information content (AvgIpc) is 3.82. The zero-order chi connectivity index (χ0) is 32.4. The van der Waals surface area contributed by atoms with Crippen LogP contribution in [0.25, 0.3) is 22.3 Å². The highest BCUT2D eigenvalue weighted by Gasteiger charge is 2.26. The Morgan fingerprint density at radius 2 is 1.98 bits per heavy atom. The monoisotopic (exact) mass is 681 g/mol. The first-order chi connectivity index (χ1) is 22.1. The number of aromatic nitrogens is 5. The largest absolute Gasteiger partial charge is 0.482 e. The molecule has 1 aliphatic heterocycles. The number of hydrogen-bond donors (Lipinski definition) is 1. The van der Waals surface area contributed by atoms with Crippen LogP contribution < -0.4 is 10.1 Å². The second-order valence-corrected chi connectivity index (χ2v) is 19.2. The van der Waals surface area contributed by atoms with E-state index in [0.29, 0.717) is 51.1 Å². The van der Waals surface area contributed by atoms with Crippen molar-refractivity contribution in [1.29, 1.82) is 0 Å². The molecule has 5 aromatic rings. The van der Waals surface area contributed by atoms with Gasteiger partial charge in [-0.05, 0) is 44.3 Å². The minimum atomic E-state index is -1.30. The minimum Gasteiger partial charge on any atom is -0.482 e. The van der Waals surface area contributed by atoms with Crippen molar-refractivity contribution < 1.29 is 18.7 Å². The molecule has 1 atom stereocenters. The van der Waals surface area contributed by atoms with Crippen LogP contribution in [0.4, 0.5) is 5.69 Å². The number of anilines is 1. The summed E-state index contributed by atoms with van der Waals surface area (Å²) in [6, 6.07) is 8.32. The zero-order valence-corrected chi connectivity index (χ0v) is 28.8. The van der Waals surface area contributed by atoms with Gasteiger partial charge in [-0.2, -0.15) is 5.10 Å². The van der Waals surface area contributed by atoms with Gasteiger partial charge in [0.1, 0.15) is 30.0 Å². The van der Waals surface area contributed by atoms with Crippen LogP contribution >= 0.6 is 23.2 Å². The molecule has 46 heavy (non-hydrogen) atoms. The number of likely N-dealkylation sites (N-methyl/N-ethyl adjacent to an activating group) is 1. The molecule has 1 aliphatic rings. The van der Waals surface area contributed by atoms with Gasteiger partial charge in [0.25, 0.3) is 5.91 Å². The maximum absolute atomic E-state index is 13.8. The number of oxazole rings is 1. The predicted octanol–water partition coefficient (Wildman–Crippen LogP) is 7.21. The first-order valence-electron chi connectivity index (χ1n) is 15.2. The number of carbonyl (C=O) groups excluding carboxylic acids is 1. The molecule has 1 amide bonds. The van der Waals surface area contributed by atoms with Gasteiger partial charge in [-0.15, -0.1) is 0 Å². The van der Waals surface area contributed by atoms with Crippen molar-refractivity contribution in [1.82, 2.24) is 29.2 Å². The molecule has 1 unspecified atom stereocenters. The Bertz CT molecular complexity index is 1810. The quantitative estimate of drug-likeness (QED) is 0.109. The number of amides is 1. The van der Waals surface area contributed by atoms with Gasteiger partial charge in [0.05, 0.1) is 45.2 Å². The van der Waals surface area contributed by atoms with Gasteiger partial charge in [-0.3, -0.25) is 9.48 Å². The van der Waals surface area contributed by atoms with E-state index >= 15 is 0 Å². The van der Waals surface area contributed by atoms with Crippen molar-refractivity contribution in [2.45, 2.75) is 51.5 Å². The fourth-order valence-corrected chi connectivity index (χ4v) is 6.70. The number of likely N-dealkylation sites (tertiary alicyclic amines) is 1. The Morgan fingerprint density at radius 1 is 1.17 bits per heavy atom. The second kappa shape index (κ2) is 13.6. The molecule has 1 N–H and O–H groups in total. The Balaban J connectivity index is 1.42. The van der Waals surface area contributed by atoms with Crippen LogP contribution in [0.2, 0.25) is 35.7 Å². The molecule has 242 valence electrons. The molecule has 5 heterocycles. The molecule has 0 aliphatic carbocycles. The maximum atomic E-state index is 13.8. The number of ether oxygens (including phenoxy) is 2. The summed E-state index contributed by atoms with van der Waals surface area (Å²) in [5.41, 5.74) is 2.86. The van der Waals surface area contributed by atoms with Crippen LogP contribution in [0, 0.1) is 0 Å². The molecule has 6 rings (SSSR count). The van der Waals surface area contributed by atoms with Gasteiger partial charge >= 0.3 is 0 Å². The van der Waals surface area contributed by atoms with Crippen LogP contribution in [0.15, 0.2) is 59.7 Å². The van der Waals surface area contributed by atoms with E-state index in [1.54, 1.807) is 24.4 Å². The summed E-state index contributed by atoms with van der Waals surface area (Å²) in [6.45, 7) is 9.85. The highest BCUT2D eigenvalue weighted by atomic mass is 35.5. The van der Waals surface area contributed by atoms with Crippen LogP contribution in [0.3, 0.4) is 0 Å². The number of nitrogens with zero attached hydrogens (tertiary/aromatic N) is 6. The lowest BCUT2D eigenvalue weighted by molar-refractivity contribution is 0.0909. The molecule has 0 saturated carbocycles. The van der Waals surface area contributed by atoms with Crippen molar-refractivity contribution in [2.24, 2.45) is 0 Å². The van der Waals surface area contributed by atoms with E-state index in [-0.39, 0.29) is 18.9 Å². The Labute approximate surface area is 278 Å². The third kappa shape index (κ3) is 7.16.